The van der Waals surface area contributed by atoms with Gasteiger partial charge in [-0.1, -0.05) is 48.4 Å². The number of alkyl halides is 3. The van der Waals surface area contributed by atoms with Gasteiger partial charge < -0.3 is 10.0 Å². The Bertz CT molecular complexity index is 1180. The normalized spacial score (nSPS) is 21.6. The van der Waals surface area contributed by atoms with E-state index in [2.05, 4.69) is 15.7 Å². The van der Waals surface area contributed by atoms with Gasteiger partial charge in [-0.2, -0.15) is 0 Å². The Morgan fingerprint density at radius 1 is 1.07 bits per heavy atom. The highest BCUT2D eigenvalue weighted by Crippen LogP contribution is 2.41. The summed E-state index contributed by atoms with van der Waals surface area (Å²) in [5.74, 6) is -0.678. The van der Waals surface area contributed by atoms with Crippen molar-refractivity contribution in [2.75, 3.05) is 33.2 Å². The molecule has 1 saturated heterocycles. The predicted octanol–water partition coefficient (Wildman–Crippen LogP) is 8.71. The second-order valence-electron chi connectivity index (χ2n) is 12.4. The zero-order valence-electron chi connectivity index (χ0n) is 25.4. The first kappa shape index (κ1) is 33.8. The molecule has 1 saturated carbocycles. The highest BCUT2D eigenvalue weighted by molar-refractivity contribution is 6.30. The lowest BCUT2D eigenvalue weighted by Gasteiger charge is -2.34. The summed E-state index contributed by atoms with van der Waals surface area (Å²) in [6.07, 6.45) is 2.88. The maximum Gasteiger partial charge on any atom is 0.522 e. The van der Waals surface area contributed by atoms with Crippen molar-refractivity contribution in [2.24, 2.45) is 0 Å². The SMILES string of the molecule is Cc1cccc([C@H](C(=O)O)N(C)CC[C@H](CCCN2CCCCC2)c2cccc(Cl)c2)c1C1CCC(OC(F)(F)F)CC1. The van der Waals surface area contributed by atoms with Gasteiger partial charge in [0.1, 0.15) is 6.04 Å². The van der Waals surface area contributed by atoms with E-state index in [4.69, 9.17) is 11.6 Å². The average molecular weight is 623 g/mol. The van der Waals surface area contributed by atoms with Crippen molar-refractivity contribution in [3.8, 4) is 0 Å². The van der Waals surface area contributed by atoms with E-state index < -0.39 is 24.5 Å². The Labute approximate surface area is 259 Å². The van der Waals surface area contributed by atoms with Crippen molar-refractivity contribution < 1.29 is 27.8 Å². The minimum absolute atomic E-state index is 0.00599. The topological polar surface area (TPSA) is 53.0 Å². The van der Waals surface area contributed by atoms with Gasteiger partial charge in [-0.05, 0) is 144 Å². The number of piperidine rings is 1. The molecular formula is C34H46ClF3N2O3. The number of ether oxygens (including phenoxy) is 1. The van der Waals surface area contributed by atoms with Gasteiger partial charge in [-0.25, -0.2) is 0 Å². The molecule has 1 heterocycles. The summed E-state index contributed by atoms with van der Waals surface area (Å²) in [7, 11) is 1.86. The van der Waals surface area contributed by atoms with Gasteiger partial charge in [0.05, 0.1) is 6.10 Å². The first-order valence-electron chi connectivity index (χ1n) is 15.8. The van der Waals surface area contributed by atoms with E-state index in [9.17, 15) is 23.1 Å². The number of nitrogens with zero attached hydrogens (tertiary/aromatic N) is 2. The Hall–Kier alpha value is -2.13. The standard InChI is InChI=1S/C34H46ClF3N2O3/c1-24-9-6-13-30(31(24)26-14-16-29(17-15-26)43-34(36,37)38)32(33(41)42)39(2)22-18-25(27-10-7-12-28(35)23-27)11-8-21-40-19-4-3-5-20-40/h6-7,9-10,12-13,23,25-26,29,32H,3-5,8,11,14-22H2,1-2H3,(H,41,42)/t25-,26?,29?,32+/m0/s1. The van der Waals surface area contributed by atoms with Crippen LogP contribution in [0.25, 0.3) is 0 Å². The molecule has 2 aromatic rings. The second kappa shape index (κ2) is 15.7. The molecule has 5 nitrogen and oxygen atoms in total. The van der Waals surface area contributed by atoms with Crippen LogP contribution in [0.5, 0.6) is 0 Å². The number of aryl methyl sites for hydroxylation is 1. The van der Waals surface area contributed by atoms with E-state index >= 15 is 0 Å². The van der Waals surface area contributed by atoms with Gasteiger partial charge in [-0.3, -0.25) is 14.4 Å². The number of carboxylic acids is 1. The monoisotopic (exact) mass is 622 g/mol. The summed E-state index contributed by atoms with van der Waals surface area (Å²) in [6, 6.07) is 12.9. The number of hydrogen-bond donors (Lipinski definition) is 1. The van der Waals surface area contributed by atoms with Crippen LogP contribution < -0.4 is 0 Å². The molecule has 1 aliphatic carbocycles. The zero-order chi connectivity index (χ0) is 31.0. The number of halogens is 4. The van der Waals surface area contributed by atoms with Crippen molar-refractivity contribution in [3.05, 3.63) is 69.7 Å². The van der Waals surface area contributed by atoms with Crippen LogP contribution in [0.15, 0.2) is 42.5 Å². The molecule has 1 N–H and O–H groups in total. The van der Waals surface area contributed by atoms with E-state index in [1.807, 2.05) is 55.3 Å². The van der Waals surface area contributed by atoms with Crippen molar-refractivity contribution in [3.63, 3.8) is 0 Å². The van der Waals surface area contributed by atoms with Crippen LogP contribution in [-0.2, 0) is 9.53 Å². The van der Waals surface area contributed by atoms with Crippen LogP contribution in [0, 0.1) is 6.92 Å². The molecule has 238 valence electrons. The van der Waals surface area contributed by atoms with Crippen molar-refractivity contribution in [2.45, 2.75) is 101 Å². The maximum absolute atomic E-state index is 12.8. The molecule has 0 unspecified atom stereocenters. The summed E-state index contributed by atoms with van der Waals surface area (Å²) >= 11 is 6.37. The van der Waals surface area contributed by atoms with Gasteiger partial charge in [0, 0.05) is 5.02 Å². The highest BCUT2D eigenvalue weighted by atomic mass is 35.5. The Kier molecular flexibility index (Phi) is 12.4. The number of rotatable bonds is 13. The largest absolute Gasteiger partial charge is 0.522 e. The molecule has 2 atom stereocenters. The predicted molar refractivity (Wildman–Crippen MR) is 165 cm³/mol. The van der Waals surface area contributed by atoms with Crippen molar-refractivity contribution in [1.82, 2.24) is 9.80 Å². The summed E-state index contributed by atoms with van der Waals surface area (Å²) in [4.78, 5) is 17.3. The number of carboxylic acid groups (broad SMARTS) is 1. The van der Waals surface area contributed by atoms with E-state index in [1.54, 1.807) is 0 Å². The van der Waals surface area contributed by atoms with Crippen LogP contribution in [0.4, 0.5) is 13.2 Å². The lowest BCUT2D eigenvalue weighted by atomic mass is 9.77. The Morgan fingerprint density at radius 3 is 2.42 bits per heavy atom. The van der Waals surface area contributed by atoms with Crippen molar-refractivity contribution >= 4 is 17.6 Å². The molecule has 9 heteroatoms. The molecule has 2 aliphatic rings. The van der Waals surface area contributed by atoms with Crippen LogP contribution in [-0.4, -0.2) is 66.6 Å². The maximum atomic E-state index is 12.8. The summed E-state index contributed by atoms with van der Waals surface area (Å²) in [6.45, 7) is 5.96. The average Bonchev–Trinajstić information content (AvgIpc) is 2.95. The molecule has 0 amide bonds. The number of aliphatic carboxylic acids is 1. The third-order valence-corrected chi connectivity index (χ3v) is 9.57. The number of benzene rings is 2. The molecule has 0 aromatic heterocycles. The lowest BCUT2D eigenvalue weighted by Crippen LogP contribution is -2.34. The summed E-state index contributed by atoms with van der Waals surface area (Å²) in [5.41, 5.74) is 3.85. The first-order valence-corrected chi connectivity index (χ1v) is 16.1. The number of hydrogen-bond acceptors (Lipinski definition) is 4. The van der Waals surface area contributed by atoms with Gasteiger partial charge in [0.25, 0.3) is 0 Å². The molecule has 4 rings (SSSR count). The number of carbonyl (C=O) groups is 1. The van der Waals surface area contributed by atoms with Crippen LogP contribution in [0.2, 0.25) is 5.02 Å². The van der Waals surface area contributed by atoms with Gasteiger partial charge in [0.15, 0.2) is 0 Å². The van der Waals surface area contributed by atoms with E-state index in [1.165, 1.54) is 37.9 Å². The molecule has 0 radical (unpaired) electrons. The summed E-state index contributed by atoms with van der Waals surface area (Å²) in [5, 5.41) is 11.2. The fourth-order valence-electron chi connectivity index (χ4n) is 7.19. The van der Waals surface area contributed by atoms with Gasteiger partial charge >= 0.3 is 12.3 Å². The quantitative estimate of drug-likeness (QED) is 0.242. The summed E-state index contributed by atoms with van der Waals surface area (Å²) < 4.78 is 42.6. The fourth-order valence-corrected chi connectivity index (χ4v) is 7.39. The van der Waals surface area contributed by atoms with Gasteiger partial charge in [0.2, 0.25) is 0 Å². The first-order chi connectivity index (χ1) is 20.5. The minimum atomic E-state index is -4.64. The number of likely N-dealkylation sites (tertiary alicyclic amines) is 1. The zero-order valence-corrected chi connectivity index (χ0v) is 26.2. The molecular weight excluding hydrogens is 577 g/mol. The van der Waals surface area contributed by atoms with Crippen LogP contribution in [0.1, 0.15) is 104 Å². The molecule has 0 bridgehead atoms. The van der Waals surface area contributed by atoms with Gasteiger partial charge in [-0.15, -0.1) is 13.2 Å². The molecule has 2 aromatic carbocycles. The molecule has 2 fully saturated rings. The van der Waals surface area contributed by atoms with E-state index in [0.717, 1.165) is 42.5 Å². The van der Waals surface area contributed by atoms with Crippen molar-refractivity contribution in [1.29, 1.82) is 0 Å². The minimum Gasteiger partial charge on any atom is -0.480 e. The Balaban J connectivity index is 1.47. The van der Waals surface area contributed by atoms with E-state index in [-0.39, 0.29) is 11.8 Å². The molecule has 0 spiro atoms. The third-order valence-electron chi connectivity index (χ3n) is 9.34. The van der Waals surface area contributed by atoms with Crippen LogP contribution >= 0.6 is 11.6 Å². The molecule has 1 aliphatic heterocycles. The third kappa shape index (κ3) is 9.93. The number of likely N-dealkylation sites (N-methyl/N-ethyl adjacent to an activating group) is 1. The molecule has 43 heavy (non-hydrogen) atoms. The highest BCUT2D eigenvalue weighted by Gasteiger charge is 2.37. The Morgan fingerprint density at radius 2 is 1.77 bits per heavy atom. The lowest BCUT2D eigenvalue weighted by molar-refractivity contribution is -0.345. The van der Waals surface area contributed by atoms with E-state index in [0.29, 0.717) is 37.3 Å². The smallest absolute Gasteiger partial charge is 0.480 e. The fraction of sp³-hybridized carbons (Fsp3) is 0.618. The second-order valence-corrected chi connectivity index (χ2v) is 12.9. The van der Waals surface area contributed by atoms with Crippen LogP contribution in [0.3, 0.4) is 0 Å².